The third-order valence-corrected chi connectivity index (χ3v) is 6.04. The molecule has 1 heterocycles. The first-order chi connectivity index (χ1) is 14.6. The molecule has 0 unspecified atom stereocenters. The number of hydrogen-bond donors (Lipinski definition) is 0. The summed E-state index contributed by atoms with van der Waals surface area (Å²) in [5.74, 6) is 0.200. The van der Waals surface area contributed by atoms with Crippen molar-refractivity contribution < 1.29 is 17.7 Å². The Morgan fingerprint density at radius 1 is 1.13 bits per heavy atom. The van der Waals surface area contributed by atoms with E-state index in [2.05, 4.69) is 10.1 Å². The maximum absolute atomic E-state index is 12.7. The molecular formula is C21H23ClN4O4S. The van der Waals surface area contributed by atoms with Crippen LogP contribution >= 0.6 is 11.6 Å². The summed E-state index contributed by atoms with van der Waals surface area (Å²) >= 11 is 5.99. The molecular weight excluding hydrogens is 440 g/mol. The fourth-order valence-corrected chi connectivity index (χ4v) is 3.73. The Kier molecular flexibility index (Phi) is 7.09. The van der Waals surface area contributed by atoms with Gasteiger partial charge in [-0.2, -0.15) is 9.29 Å². The van der Waals surface area contributed by atoms with E-state index in [4.69, 9.17) is 16.1 Å². The van der Waals surface area contributed by atoms with Crippen LogP contribution in [-0.2, 0) is 27.9 Å². The van der Waals surface area contributed by atoms with Crippen molar-refractivity contribution >= 4 is 27.5 Å². The maximum atomic E-state index is 12.7. The summed E-state index contributed by atoms with van der Waals surface area (Å²) in [5, 5.41) is 4.46. The molecule has 0 aliphatic rings. The second-order valence-electron chi connectivity index (χ2n) is 7.29. The molecule has 0 spiro atoms. The van der Waals surface area contributed by atoms with Crippen molar-refractivity contribution in [1.29, 1.82) is 0 Å². The lowest BCUT2D eigenvalue weighted by Crippen LogP contribution is -2.40. The van der Waals surface area contributed by atoms with Crippen LogP contribution in [0.5, 0.6) is 0 Å². The van der Waals surface area contributed by atoms with Crippen molar-refractivity contribution in [3.63, 3.8) is 0 Å². The lowest BCUT2D eigenvalue weighted by molar-refractivity contribution is -0.131. The van der Waals surface area contributed by atoms with Gasteiger partial charge in [-0.3, -0.25) is 4.79 Å². The summed E-state index contributed by atoms with van der Waals surface area (Å²) in [4.78, 5) is 18.3. The lowest BCUT2D eigenvalue weighted by atomic mass is 10.1. The average molecular weight is 463 g/mol. The first kappa shape index (κ1) is 22.9. The predicted molar refractivity (Wildman–Crippen MR) is 118 cm³/mol. The number of hydrogen-bond acceptors (Lipinski definition) is 6. The van der Waals surface area contributed by atoms with E-state index in [0.717, 1.165) is 21.7 Å². The third kappa shape index (κ3) is 6.36. The van der Waals surface area contributed by atoms with E-state index in [1.54, 1.807) is 31.3 Å². The van der Waals surface area contributed by atoms with Gasteiger partial charge in [-0.25, -0.2) is 8.42 Å². The van der Waals surface area contributed by atoms with Crippen LogP contribution in [0.15, 0.2) is 53.1 Å². The zero-order chi connectivity index (χ0) is 22.6. The molecule has 0 N–H and O–H groups in total. The van der Waals surface area contributed by atoms with Gasteiger partial charge in [-0.05, 0) is 24.6 Å². The smallest absolute Gasteiger partial charge is 0.246 e. The van der Waals surface area contributed by atoms with Crippen molar-refractivity contribution in [2.45, 2.75) is 20.0 Å². The summed E-state index contributed by atoms with van der Waals surface area (Å²) in [6.07, 6.45) is 1.09. The number of amides is 1. The van der Waals surface area contributed by atoms with Crippen molar-refractivity contribution in [2.24, 2.45) is 0 Å². The van der Waals surface area contributed by atoms with Gasteiger partial charge in [-0.15, -0.1) is 0 Å². The number of aromatic nitrogens is 2. The quantitative estimate of drug-likeness (QED) is 0.510. The Bertz CT molecular complexity index is 1160. The SMILES string of the molecule is Cc1ccc(CN(CC(=O)N(C)Cc2nc(-c3cccc(Cl)c3)no2)S(C)(=O)=O)cc1. The molecule has 8 nitrogen and oxygen atoms in total. The number of aryl methyl sites for hydroxylation is 1. The Morgan fingerprint density at radius 2 is 1.84 bits per heavy atom. The number of likely N-dealkylation sites (N-methyl/N-ethyl adjacent to an activating group) is 1. The van der Waals surface area contributed by atoms with Crippen LogP contribution in [0, 0.1) is 6.92 Å². The summed E-state index contributed by atoms with van der Waals surface area (Å²) in [5.41, 5.74) is 2.56. The van der Waals surface area contributed by atoms with Crippen LogP contribution in [0.4, 0.5) is 0 Å². The van der Waals surface area contributed by atoms with Gasteiger partial charge in [0, 0.05) is 24.2 Å². The molecule has 2 aromatic carbocycles. The van der Waals surface area contributed by atoms with Crippen LogP contribution in [-0.4, -0.2) is 53.5 Å². The Hall–Kier alpha value is -2.75. The molecule has 1 aromatic heterocycles. The zero-order valence-electron chi connectivity index (χ0n) is 17.4. The summed E-state index contributed by atoms with van der Waals surface area (Å²) in [6.45, 7) is 1.82. The highest BCUT2D eigenvalue weighted by molar-refractivity contribution is 7.88. The van der Waals surface area contributed by atoms with Crippen LogP contribution in [0.3, 0.4) is 0 Å². The molecule has 0 bridgehead atoms. The van der Waals surface area contributed by atoms with Crippen LogP contribution < -0.4 is 0 Å². The molecule has 0 atom stereocenters. The fourth-order valence-electron chi connectivity index (χ4n) is 2.81. The minimum absolute atomic E-state index is 0.0501. The van der Waals surface area contributed by atoms with Crippen LogP contribution in [0.1, 0.15) is 17.0 Å². The first-order valence-electron chi connectivity index (χ1n) is 9.45. The van der Waals surface area contributed by atoms with Gasteiger partial charge in [0.2, 0.25) is 27.6 Å². The third-order valence-electron chi connectivity index (χ3n) is 4.61. The van der Waals surface area contributed by atoms with Gasteiger partial charge < -0.3 is 9.42 Å². The number of carbonyl (C=O) groups is 1. The molecule has 3 rings (SSSR count). The van der Waals surface area contributed by atoms with Gasteiger partial charge in [0.15, 0.2) is 0 Å². The van der Waals surface area contributed by atoms with Crippen molar-refractivity contribution in [3.05, 3.63) is 70.6 Å². The molecule has 0 aliphatic heterocycles. The second-order valence-corrected chi connectivity index (χ2v) is 9.71. The van der Waals surface area contributed by atoms with Gasteiger partial charge in [0.1, 0.15) is 0 Å². The number of carbonyl (C=O) groups excluding carboxylic acids is 1. The number of halogens is 1. The summed E-state index contributed by atoms with van der Waals surface area (Å²) in [6, 6.07) is 14.5. The fraction of sp³-hybridized carbons (Fsp3) is 0.286. The van der Waals surface area contributed by atoms with Crippen LogP contribution in [0.25, 0.3) is 11.4 Å². The average Bonchev–Trinajstić information content (AvgIpc) is 3.17. The highest BCUT2D eigenvalue weighted by atomic mass is 35.5. The molecule has 0 saturated heterocycles. The number of nitrogens with zero attached hydrogens (tertiary/aromatic N) is 4. The van der Waals surface area contributed by atoms with E-state index in [9.17, 15) is 13.2 Å². The monoisotopic (exact) mass is 462 g/mol. The molecule has 0 fully saturated rings. The zero-order valence-corrected chi connectivity index (χ0v) is 19.0. The summed E-state index contributed by atoms with van der Waals surface area (Å²) < 4.78 is 30.8. The Morgan fingerprint density at radius 3 is 2.48 bits per heavy atom. The minimum atomic E-state index is -3.59. The number of benzene rings is 2. The number of sulfonamides is 1. The molecule has 164 valence electrons. The second kappa shape index (κ2) is 9.59. The highest BCUT2D eigenvalue weighted by Gasteiger charge is 2.23. The van der Waals surface area contributed by atoms with E-state index in [0.29, 0.717) is 16.4 Å². The van der Waals surface area contributed by atoms with E-state index in [1.807, 2.05) is 31.2 Å². The minimum Gasteiger partial charge on any atom is -0.337 e. The van der Waals surface area contributed by atoms with Crippen molar-refractivity contribution in [3.8, 4) is 11.4 Å². The number of rotatable bonds is 8. The molecule has 10 heteroatoms. The van der Waals surface area contributed by atoms with Crippen molar-refractivity contribution in [1.82, 2.24) is 19.3 Å². The van der Waals surface area contributed by atoms with Gasteiger partial charge in [0.25, 0.3) is 0 Å². The Labute approximate surface area is 186 Å². The van der Waals surface area contributed by atoms with Gasteiger partial charge in [0.05, 0.1) is 19.3 Å². The topological polar surface area (TPSA) is 96.6 Å². The van der Waals surface area contributed by atoms with Gasteiger partial charge in [-0.1, -0.05) is 58.7 Å². The molecule has 0 aliphatic carbocycles. The first-order valence-corrected chi connectivity index (χ1v) is 11.7. The maximum Gasteiger partial charge on any atom is 0.246 e. The molecule has 0 radical (unpaired) electrons. The Balaban J connectivity index is 1.66. The highest BCUT2D eigenvalue weighted by Crippen LogP contribution is 2.20. The molecule has 3 aromatic rings. The predicted octanol–water partition coefficient (Wildman–Crippen LogP) is 3.12. The van der Waals surface area contributed by atoms with Crippen LogP contribution in [0.2, 0.25) is 5.02 Å². The summed E-state index contributed by atoms with van der Waals surface area (Å²) in [7, 11) is -2.04. The molecule has 1 amide bonds. The van der Waals surface area contributed by atoms with Gasteiger partial charge >= 0.3 is 0 Å². The molecule has 31 heavy (non-hydrogen) atoms. The van der Waals surface area contributed by atoms with E-state index in [1.165, 1.54) is 4.90 Å². The normalized spacial score (nSPS) is 11.6. The standard InChI is InChI=1S/C21H23ClN4O4S/c1-15-7-9-16(10-8-15)12-26(31(3,28)29)14-20(27)25(2)13-19-23-21(24-30-19)17-5-4-6-18(22)11-17/h4-11H,12-14H2,1-3H3. The largest absolute Gasteiger partial charge is 0.337 e. The molecule has 0 saturated carbocycles. The van der Waals surface area contributed by atoms with Crippen molar-refractivity contribution in [2.75, 3.05) is 19.8 Å². The van der Waals surface area contributed by atoms with E-state index in [-0.39, 0.29) is 31.4 Å². The lowest BCUT2D eigenvalue weighted by Gasteiger charge is -2.23. The van der Waals surface area contributed by atoms with E-state index >= 15 is 0 Å². The van der Waals surface area contributed by atoms with E-state index < -0.39 is 10.0 Å².